The van der Waals surface area contributed by atoms with Crippen molar-refractivity contribution in [1.82, 2.24) is 0 Å². The van der Waals surface area contributed by atoms with Crippen LogP contribution in [0.15, 0.2) is 24.3 Å². The van der Waals surface area contributed by atoms with E-state index in [4.69, 9.17) is 10.5 Å². The summed E-state index contributed by atoms with van der Waals surface area (Å²) in [6.07, 6.45) is 1.02. The third kappa shape index (κ3) is 5.31. The lowest BCUT2D eigenvalue weighted by Gasteiger charge is -2.07. The minimum absolute atomic E-state index is 0.0589. The van der Waals surface area contributed by atoms with Gasteiger partial charge in [0, 0.05) is 5.69 Å². The van der Waals surface area contributed by atoms with Gasteiger partial charge in [-0.25, -0.2) is 0 Å². The van der Waals surface area contributed by atoms with Crippen LogP contribution in [0, 0.1) is 0 Å². The fourth-order valence-electron chi connectivity index (χ4n) is 1.22. The Kier molecular flexibility index (Phi) is 5.42. The van der Waals surface area contributed by atoms with Gasteiger partial charge in [0.05, 0.1) is 18.0 Å². The number of hydrogen-bond acceptors (Lipinski definition) is 3. The first-order valence-electron chi connectivity index (χ1n) is 5.43. The average Bonchev–Trinajstić information content (AvgIpc) is 2.27. The summed E-state index contributed by atoms with van der Waals surface area (Å²) in [4.78, 5) is 11.6. The van der Waals surface area contributed by atoms with Crippen molar-refractivity contribution in [3.8, 4) is 5.75 Å². The molecule has 0 radical (unpaired) electrons. The van der Waals surface area contributed by atoms with Crippen molar-refractivity contribution in [2.24, 2.45) is 5.73 Å². The first-order valence-corrected chi connectivity index (χ1v) is 5.83. The molecule has 92 valence electrons. The van der Waals surface area contributed by atoms with E-state index < -0.39 is 0 Å². The molecule has 0 aliphatic carbocycles. The normalized spacial score (nSPS) is 9.71. The summed E-state index contributed by atoms with van der Waals surface area (Å²) < 4.78 is 5.43. The summed E-state index contributed by atoms with van der Waals surface area (Å²) in [5.41, 5.74) is 5.98. The maximum absolute atomic E-state index is 11.4. The molecule has 0 aliphatic heterocycles. The molecule has 1 aromatic carbocycles. The maximum Gasteiger partial charge on any atom is 0.231 e. The molecular formula is C12H16N2O2S. The summed E-state index contributed by atoms with van der Waals surface area (Å²) in [6, 6.07) is 7.18. The van der Waals surface area contributed by atoms with Crippen LogP contribution in [-0.2, 0) is 4.79 Å². The molecule has 0 heterocycles. The Morgan fingerprint density at radius 1 is 1.41 bits per heavy atom. The second-order valence-corrected chi connectivity index (χ2v) is 4.09. The van der Waals surface area contributed by atoms with Gasteiger partial charge in [0.1, 0.15) is 5.75 Å². The van der Waals surface area contributed by atoms with Crippen LogP contribution >= 0.6 is 12.2 Å². The van der Waals surface area contributed by atoms with Crippen molar-refractivity contribution >= 4 is 28.8 Å². The molecule has 4 nitrogen and oxygen atoms in total. The van der Waals surface area contributed by atoms with Gasteiger partial charge in [-0.3, -0.25) is 4.79 Å². The smallest absolute Gasteiger partial charge is 0.231 e. The molecule has 17 heavy (non-hydrogen) atoms. The van der Waals surface area contributed by atoms with Crippen LogP contribution in [0.3, 0.4) is 0 Å². The lowest BCUT2D eigenvalue weighted by atomic mass is 10.3. The molecule has 1 aromatic rings. The molecule has 0 unspecified atom stereocenters. The largest absolute Gasteiger partial charge is 0.494 e. The number of ether oxygens (including phenoxy) is 1. The molecule has 0 bridgehead atoms. The fraction of sp³-hybridized carbons (Fsp3) is 0.333. The molecule has 1 rings (SSSR count). The summed E-state index contributed by atoms with van der Waals surface area (Å²) in [5, 5.41) is 2.69. The van der Waals surface area contributed by atoms with Gasteiger partial charge in [-0.1, -0.05) is 19.1 Å². The maximum atomic E-state index is 11.4. The van der Waals surface area contributed by atoms with Crippen LogP contribution in [0.1, 0.15) is 19.8 Å². The molecule has 0 aromatic heterocycles. The number of nitrogens with two attached hydrogens (primary N) is 1. The molecule has 0 spiro atoms. The second kappa shape index (κ2) is 6.85. The van der Waals surface area contributed by atoms with E-state index >= 15 is 0 Å². The van der Waals surface area contributed by atoms with E-state index in [-0.39, 0.29) is 17.3 Å². The molecular weight excluding hydrogens is 236 g/mol. The number of amides is 1. The highest BCUT2D eigenvalue weighted by Gasteiger charge is 2.03. The monoisotopic (exact) mass is 252 g/mol. The topological polar surface area (TPSA) is 64.3 Å². The molecule has 0 atom stereocenters. The third-order valence-electron chi connectivity index (χ3n) is 1.95. The van der Waals surface area contributed by atoms with E-state index in [9.17, 15) is 4.79 Å². The Balaban J connectivity index is 2.50. The SMILES string of the molecule is CCCOc1ccc(NC(=O)CC(N)=S)cc1. The van der Waals surface area contributed by atoms with Crippen molar-refractivity contribution in [2.75, 3.05) is 11.9 Å². The lowest BCUT2D eigenvalue weighted by molar-refractivity contribution is -0.115. The quantitative estimate of drug-likeness (QED) is 0.761. The van der Waals surface area contributed by atoms with Gasteiger partial charge in [0.25, 0.3) is 0 Å². The number of hydrogen-bond donors (Lipinski definition) is 2. The highest BCUT2D eigenvalue weighted by molar-refractivity contribution is 7.80. The number of carbonyl (C=O) groups excluding carboxylic acids is 1. The molecule has 0 aliphatic rings. The van der Waals surface area contributed by atoms with E-state index in [1.165, 1.54) is 0 Å². The van der Waals surface area contributed by atoms with Crippen molar-refractivity contribution in [3.63, 3.8) is 0 Å². The van der Waals surface area contributed by atoms with Crippen LogP contribution < -0.4 is 15.8 Å². The van der Waals surface area contributed by atoms with Gasteiger partial charge < -0.3 is 15.8 Å². The van der Waals surface area contributed by atoms with Crippen LogP contribution in [0.4, 0.5) is 5.69 Å². The van der Waals surface area contributed by atoms with Crippen molar-refractivity contribution in [3.05, 3.63) is 24.3 Å². The second-order valence-electron chi connectivity index (χ2n) is 3.56. The highest BCUT2D eigenvalue weighted by Crippen LogP contribution is 2.15. The summed E-state index contributed by atoms with van der Waals surface area (Å²) in [7, 11) is 0. The Hall–Kier alpha value is -1.62. The Labute approximate surface area is 106 Å². The van der Waals surface area contributed by atoms with E-state index in [1.54, 1.807) is 12.1 Å². The van der Waals surface area contributed by atoms with Gasteiger partial charge in [-0.05, 0) is 30.7 Å². The van der Waals surface area contributed by atoms with E-state index in [0.29, 0.717) is 12.3 Å². The Morgan fingerprint density at radius 3 is 2.59 bits per heavy atom. The number of anilines is 1. The number of nitrogens with one attached hydrogen (secondary N) is 1. The number of carbonyl (C=O) groups is 1. The molecule has 0 saturated carbocycles. The van der Waals surface area contributed by atoms with Crippen LogP contribution in [0.25, 0.3) is 0 Å². The summed E-state index contributed by atoms with van der Waals surface area (Å²) >= 11 is 4.65. The zero-order valence-corrected chi connectivity index (χ0v) is 10.5. The predicted octanol–water partition coefficient (Wildman–Crippen LogP) is 2.09. The standard InChI is InChI=1S/C12H16N2O2S/c1-2-7-16-10-5-3-9(4-6-10)14-12(15)8-11(13)17/h3-6H,2,7-8H2,1H3,(H2,13,17)(H,14,15). The zero-order valence-electron chi connectivity index (χ0n) is 9.73. The summed E-state index contributed by atoms with van der Waals surface area (Å²) in [6.45, 7) is 2.73. The first kappa shape index (κ1) is 13.4. The number of benzene rings is 1. The van der Waals surface area contributed by atoms with Gasteiger partial charge in [0.15, 0.2) is 0 Å². The number of thiocarbonyl (C=S) groups is 1. The van der Waals surface area contributed by atoms with E-state index in [2.05, 4.69) is 17.5 Å². The highest BCUT2D eigenvalue weighted by atomic mass is 32.1. The van der Waals surface area contributed by atoms with E-state index in [1.807, 2.05) is 19.1 Å². The van der Waals surface area contributed by atoms with E-state index in [0.717, 1.165) is 12.2 Å². The Bertz CT molecular complexity index is 390. The minimum atomic E-state index is -0.209. The van der Waals surface area contributed by atoms with Crippen LogP contribution in [-0.4, -0.2) is 17.5 Å². The van der Waals surface area contributed by atoms with Gasteiger partial charge in [-0.15, -0.1) is 0 Å². The van der Waals surface area contributed by atoms with Crippen LogP contribution in [0.2, 0.25) is 0 Å². The van der Waals surface area contributed by atoms with Gasteiger partial charge >= 0.3 is 0 Å². The van der Waals surface area contributed by atoms with Gasteiger partial charge in [0.2, 0.25) is 5.91 Å². The zero-order chi connectivity index (χ0) is 12.7. The molecule has 3 N–H and O–H groups in total. The molecule has 1 amide bonds. The first-order chi connectivity index (χ1) is 8.11. The summed E-state index contributed by atoms with van der Waals surface area (Å²) in [5.74, 6) is 0.582. The number of rotatable bonds is 6. The van der Waals surface area contributed by atoms with Crippen molar-refractivity contribution < 1.29 is 9.53 Å². The predicted molar refractivity (Wildman–Crippen MR) is 72.3 cm³/mol. The van der Waals surface area contributed by atoms with Gasteiger partial charge in [-0.2, -0.15) is 0 Å². The van der Waals surface area contributed by atoms with Crippen molar-refractivity contribution in [2.45, 2.75) is 19.8 Å². The fourth-order valence-corrected chi connectivity index (χ4v) is 1.35. The molecule has 5 heteroatoms. The lowest BCUT2D eigenvalue weighted by Crippen LogP contribution is -2.20. The van der Waals surface area contributed by atoms with Crippen molar-refractivity contribution in [1.29, 1.82) is 0 Å². The third-order valence-corrected chi connectivity index (χ3v) is 2.09. The average molecular weight is 252 g/mol. The minimum Gasteiger partial charge on any atom is -0.494 e. The Morgan fingerprint density at radius 2 is 2.06 bits per heavy atom. The molecule has 0 saturated heterocycles. The molecule has 0 fully saturated rings. The van der Waals surface area contributed by atoms with Crippen LogP contribution in [0.5, 0.6) is 5.75 Å².